The van der Waals surface area contributed by atoms with E-state index in [1.165, 1.54) is 0 Å². The molecule has 4 nitrogen and oxygen atoms in total. The highest BCUT2D eigenvalue weighted by molar-refractivity contribution is 7.80. The number of benzene rings is 1. The number of nitrogens with one attached hydrogen (secondary N) is 2. The lowest BCUT2D eigenvalue weighted by atomic mass is 10.2. The van der Waals surface area contributed by atoms with E-state index in [-0.39, 0.29) is 11.0 Å². The fourth-order valence-corrected chi connectivity index (χ4v) is 1.89. The summed E-state index contributed by atoms with van der Waals surface area (Å²) in [5.41, 5.74) is 1.44. The maximum Gasteiger partial charge on any atom is 0.257 e. The number of amides is 1. The molecule has 0 saturated heterocycles. The van der Waals surface area contributed by atoms with Crippen molar-refractivity contribution in [3.63, 3.8) is 0 Å². The Bertz CT molecular complexity index is 619. The van der Waals surface area contributed by atoms with E-state index in [2.05, 4.69) is 15.6 Å². The van der Waals surface area contributed by atoms with Gasteiger partial charge in [0.15, 0.2) is 5.11 Å². The van der Waals surface area contributed by atoms with E-state index in [0.717, 1.165) is 5.56 Å². The maximum atomic E-state index is 11.9. The van der Waals surface area contributed by atoms with Gasteiger partial charge in [-0.15, -0.1) is 0 Å². The van der Waals surface area contributed by atoms with Crippen LogP contribution < -0.4 is 10.6 Å². The summed E-state index contributed by atoms with van der Waals surface area (Å²) in [7, 11) is 0. The fraction of sp³-hybridized carbons (Fsp3) is 0.0714. The van der Waals surface area contributed by atoms with Gasteiger partial charge in [-0.05, 0) is 42.0 Å². The molecule has 1 aromatic heterocycles. The first-order valence-electron chi connectivity index (χ1n) is 5.89. The molecule has 2 aromatic rings. The fourth-order valence-electron chi connectivity index (χ4n) is 1.53. The van der Waals surface area contributed by atoms with Crippen molar-refractivity contribution in [2.45, 2.75) is 6.54 Å². The lowest BCUT2D eigenvalue weighted by Crippen LogP contribution is -2.38. The minimum Gasteiger partial charge on any atom is -0.358 e. The molecule has 2 N–H and O–H groups in total. The Hall–Kier alpha value is -1.98. The van der Waals surface area contributed by atoms with Crippen molar-refractivity contribution in [1.29, 1.82) is 0 Å². The third-order valence-corrected chi connectivity index (χ3v) is 2.97. The summed E-state index contributed by atoms with van der Waals surface area (Å²) in [6.45, 7) is 0.502. The van der Waals surface area contributed by atoms with Crippen LogP contribution in [0.25, 0.3) is 0 Å². The average Bonchev–Trinajstić information content (AvgIpc) is 2.46. The minimum atomic E-state index is -0.295. The molecule has 1 heterocycles. The maximum absolute atomic E-state index is 11.9. The second-order valence-corrected chi connectivity index (χ2v) is 4.85. The molecule has 0 spiro atoms. The number of hydrogen-bond acceptors (Lipinski definition) is 3. The van der Waals surface area contributed by atoms with Crippen LogP contribution in [0.1, 0.15) is 15.9 Å². The predicted molar refractivity (Wildman–Crippen MR) is 82.6 cm³/mol. The van der Waals surface area contributed by atoms with Crippen LogP contribution in [-0.2, 0) is 6.54 Å². The third-order valence-electron chi connectivity index (χ3n) is 2.49. The van der Waals surface area contributed by atoms with Crippen molar-refractivity contribution >= 4 is 34.8 Å². The average molecular weight is 306 g/mol. The van der Waals surface area contributed by atoms with Crippen molar-refractivity contribution < 1.29 is 4.79 Å². The highest BCUT2D eigenvalue weighted by Crippen LogP contribution is 2.10. The van der Waals surface area contributed by atoms with Gasteiger partial charge in [-0.25, -0.2) is 0 Å². The van der Waals surface area contributed by atoms with Gasteiger partial charge in [-0.1, -0.05) is 23.7 Å². The monoisotopic (exact) mass is 305 g/mol. The lowest BCUT2D eigenvalue weighted by molar-refractivity contribution is 0.0976. The van der Waals surface area contributed by atoms with Crippen LogP contribution in [-0.4, -0.2) is 16.0 Å². The summed E-state index contributed by atoms with van der Waals surface area (Å²) < 4.78 is 0. The van der Waals surface area contributed by atoms with E-state index in [1.807, 2.05) is 12.1 Å². The van der Waals surface area contributed by atoms with Gasteiger partial charge in [0.25, 0.3) is 5.91 Å². The Kier molecular flexibility index (Phi) is 5.03. The minimum absolute atomic E-state index is 0.263. The predicted octanol–water partition coefficient (Wildman–Crippen LogP) is 2.54. The second kappa shape index (κ2) is 6.98. The van der Waals surface area contributed by atoms with Crippen molar-refractivity contribution in [3.8, 4) is 0 Å². The highest BCUT2D eigenvalue weighted by atomic mass is 35.5. The lowest BCUT2D eigenvalue weighted by Gasteiger charge is -2.09. The number of thiocarbonyl (C=S) groups is 1. The van der Waals surface area contributed by atoms with Gasteiger partial charge in [0, 0.05) is 29.5 Å². The van der Waals surface area contributed by atoms with Gasteiger partial charge in [0.2, 0.25) is 0 Å². The largest absolute Gasteiger partial charge is 0.358 e. The van der Waals surface area contributed by atoms with Gasteiger partial charge in [-0.3, -0.25) is 15.1 Å². The summed E-state index contributed by atoms with van der Waals surface area (Å²) in [5, 5.41) is 6.31. The topological polar surface area (TPSA) is 54.0 Å². The van der Waals surface area contributed by atoms with Gasteiger partial charge in [-0.2, -0.15) is 0 Å². The molecule has 0 fully saturated rings. The number of carbonyl (C=O) groups excluding carboxylic acids is 1. The SMILES string of the molecule is O=C(NC(=S)NCc1cccnc1)c1cccc(Cl)c1. The van der Waals surface area contributed by atoms with Crippen molar-refractivity contribution in [2.24, 2.45) is 0 Å². The zero-order chi connectivity index (χ0) is 14.4. The molecule has 0 unspecified atom stereocenters. The van der Waals surface area contributed by atoms with E-state index in [9.17, 15) is 4.79 Å². The molecule has 102 valence electrons. The Morgan fingerprint density at radius 3 is 2.85 bits per heavy atom. The van der Waals surface area contributed by atoms with E-state index < -0.39 is 0 Å². The first-order chi connectivity index (χ1) is 9.65. The number of aromatic nitrogens is 1. The van der Waals surface area contributed by atoms with Crippen molar-refractivity contribution in [2.75, 3.05) is 0 Å². The van der Waals surface area contributed by atoms with Crippen LogP contribution in [0.5, 0.6) is 0 Å². The number of rotatable bonds is 3. The molecule has 0 radical (unpaired) electrons. The molecule has 0 aliphatic rings. The van der Waals surface area contributed by atoms with Gasteiger partial charge >= 0.3 is 0 Å². The molecular formula is C14H12ClN3OS. The number of nitrogens with zero attached hydrogens (tertiary/aromatic N) is 1. The molecular weight excluding hydrogens is 294 g/mol. The molecule has 1 aromatic carbocycles. The summed E-state index contributed by atoms with van der Waals surface area (Å²) in [4.78, 5) is 15.9. The van der Waals surface area contributed by atoms with E-state index in [4.69, 9.17) is 23.8 Å². The standard InChI is InChI=1S/C14H12ClN3OS/c15-12-5-1-4-11(7-12)13(19)18-14(20)17-9-10-3-2-6-16-8-10/h1-8H,9H2,(H2,17,18,19,20). The Morgan fingerprint density at radius 1 is 1.30 bits per heavy atom. The molecule has 6 heteroatoms. The molecule has 0 atom stereocenters. The smallest absolute Gasteiger partial charge is 0.257 e. The summed E-state index contributed by atoms with van der Waals surface area (Å²) in [6.07, 6.45) is 3.43. The Balaban J connectivity index is 1.87. The highest BCUT2D eigenvalue weighted by Gasteiger charge is 2.07. The number of hydrogen-bond donors (Lipinski definition) is 2. The first-order valence-corrected chi connectivity index (χ1v) is 6.67. The van der Waals surface area contributed by atoms with Crippen LogP contribution in [0, 0.1) is 0 Å². The Morgan fingerprint density at radius 2 is 2.15 bits per heavy atom. The van der Waals surface area contributed by atoms with Crippen molar-refractivity contribution in [1.82, 2.24) is 15.6 Å². The molecule has 2 rings (SSSR count). The summed E-state index contributed by atoms with van der Waals surface area (Å²) in [6, 6.07) is 10.4. The van der Waals surface area contributed by atoms with Gasteiger partial charge in [0.1, 0.15) is 0 Å². The van der Waals surface area contributed by atoms with Crippen LogP contribution in [0.4, 0.5) is 0 Å². The van der Waals surface area contributed by atoms with Crippen LogP contribution in [0.3, 0.4) is 0 Å². The van der Waals surface area contributed by atoms with E-state index >= 15 is 0 Å². The zero-order valence-electron chi connectivity index (χ0n) is 10.5. The molecule has 0 bridgehead atoms. The molecule has 0 saturated carbocycles. The van der Waals surface area contributed by atoms with Crippen molar-refractivity contribution in [3.05, 3.63) is 64.9 Å². The van der Waals surface area contributed by atoms with Gasteiger partial charge in [0.05, 0.1) is 0 Å². The van der Waals surface area contributed by atoms with Gasteiger partial charge < -0.3 is 5.32 Å². The molecule has 20 heavy (non-hydrogen) atoms. The zero-order valence-corrected chi connectivity index (χ0v) is 12.0. The van der Waals surface area contributed by atoms with E-state index in [1.54, 1.807) is 36.7 Å². The number of pyridine rings is 1. The first kappa shape index (κ1) is 14.4. The van der Waals surface area contributed by atoms with Crippen LogP contribution in [0.2, 0.25) is 5.02 Å². The quantitative estimate of drug-likeness (QED) is 0.856. The summed E-state index contributed by atoms with van der Waals surface area (Å²) >= 11 is 10.9. The van der Waals surface area contributed by atoms with Crippen LogP contribution in [0.15, 0.2) is 48.8 Å². The van der Waals surface area contributed by atoms with E-state index in [0.29, 0.717) is 17.1 Å². The normalized spacial score (nSPS) is 9.85. The Labute approximate surface area is 127 Å². The van der Waals surface area contributed by atoms with Crippen LogP contribution >= 0.6 is 23.8 Å². The molecule has 1 amide bonds. The molecule has 0 aliphatic heterocycles. The summed E-state index contributed by atoms with van der Waals surface area (Å²) in [5.74, 6) is -0.295. The number of halogens is 1. The second-order valence-electron chi connectivity index (χ2n) is 4.01. The third kappa shape index (κ3) is 4.29. The number of carbonyl (C=O) groups is 1. The molecule has 0 aliphatic carbocycles.